The molecule has 1 N–H and O–H groups in total. The molecule has 2 aromatic rings. The fourth-order valence-electron chi connectivity index (χ4n) is 2.66. The summed E-state index contributed by atoms with van der Waals surface area (Å²) in [6.07, 6.45) is 0. The van der Waals surface area contributed by atoms with Gasteiger partial charge >= 0.3 is 0 Å². The summed E-state index contributed by atoms with van der Waals surface area (Å²) in [5.41, 5.74) is 0.926. The van der Waals surface area contributed by atoms with Gasteiger partial charge in [-0.2, -0.15) is 0 Å². The summed E-state index contributed by atoms with van der Waals surface area (Å²) in [5.74, 6) is 0.146. The maximum absolute atomic E-state index is 13.3. The van der Waals surface area contributed by atoms with E-state index in [1.807, 2.05) is 22.6 Å². The van der Waals surface area contributed by atoms with E-state index in [0.29, 0.717) is 46.1 Å². The van der Waals surface area contributed by atoms with Crippen molar-refractivity contribution in [3.05, 3.63) is 51.3 Å². The van der Waals surface area contributed by atoms with E-state index in [9.17, 15) is 14.0 Å². The Balaban J connectivity index is 1.67. The Morgan fingerprint density at radius 3 is 2.59 bits per heavy atom. The van der Waals surface area contributed by atoms with Crippen LogP contribution >= 0.6 is 22.6 Å². The number of rotatable bonds is 5. The maximum atomic E-state index is 13.3. The number of anilines is 1. The number of ether oxygens (including phenoxy) is 2. The number of fused-ring (bicyclic) bond motifs is 1. The maximum Gasteiger partial charge on any atom is 0.255 e. The molecule has 1 aliphatic heterocycles. The minimum absolute atomic E-state index is 0.114. The summed E-state index contributed by atoms with van der Waals surface area (Å²) in [4.78, 5) is 26.5. The second-order valence-corrected chi connectivity index (χ2v) is 7.01. The molecule has 2 aromatic carbocycles. The first-order valence-electron chi connectivity index (χ1n) is 8.41. The van der Waals surface area contributed by atoms with Crippen LogP contribution in [-0.4, -0.2) is 43.0 Å². The molecule has 27 heavy (non-hydrogen) atoms. The molecule has 0 radical (unpaired) electrons. The minimum atomic E-state index is -0.407. The number of nitrogens with zero attached hydrogens (tertiary/aromatic N) is 1. The number of halogens is 2. The van der Waals surface area contributed by atoms with E-state index in [2.05, 4.69) is 5.32 Å². The Morgan fingerprint density at radius 2 is 1.89 bits per heavy atom. The van der Waals surface area contributed by atoms with Gasteiger partial charge in [-0.05, 0) is 59.8 Å². The lowest BCUT2D eigenvalue weighted by Crippen LogP contribution is -2.38. The summed E-state index contributed by atoms with van der Waals surface area (Å²) >= 11 is 1.91. The van der Waals surface area contributed by atoms with E-state index in [0.717, 1.165) is 0 Å². The molecule has 1 heterocycles. The van der Waals surface area contributed by atoms with E-state index in [4.69, 9.17) is 9.47 Å². The van der Waals surface area contributed by atoms with Crippen molar-refractivity contribution in [2.75, 3.05) is 31.6 Å². The van der Waals surface area contributed by atoms with Crippen LogP contribution in [0.3, 0.4) is 0 Å². The Labute approximate surface area is 169 Å². The molecular weight excluding hydrogens is 466 g/mol. The number of carbonyl (C=O) groups is 2. The molecule has 6 nitrogen and oxygen atoms in total. The molecule has 142 valence electrons. The molecule has 0 saturated carbocycles. The van der Waals surface area contributed by atoms with Gasteiger partial charge in [-0.15, -0.1) is 0 Å². The molecule has 2 amide bonds. The monoisotopic (exact) mass is 484 g/mol. The first-order chi connectivity index (χ1) is 13.0. The van der Waals surface area contributed by atoms with Gasteiger partial charge in [0.15, 0.2) is 11.5 Å². The molecule has 0 saturated heterocycles. The predicted octanol–water partition coefficient (Wildman–Crippen LogP) is 3.30. The lowest BCUT2D eigenvalue weighted by atomic mass is 10.2. The normalized spacial score (nSPS) is 12.4. The van der Waals surface area contributed by atoms with Gasteiger partial charge in [-0.3, -0.25) is 9.59 Å². The van der Waals surface area contributed by atoms with Crippen LogP contribution in [0.5, 0.6) is 11.5 Å². The smallest absolute Gasteiger partial charge is 0.255 e. The van der Waals surface area contributed by atoms with Crippen molar-refractivity contribution in [3.63, 3.8) is 0 Å². The highest BCUT2D eigenvalue weighted by Crippen LogP contribution is 2.32. The van der Waals surface area contributed by atoms with E-state index in [-0.39, 0.29) is 18.4 Å². The minimum Gasteiger partial charge on any atom is -0.486 e. The van der Waals surface area contributed by atoms with Crippen LogP contribution in [-0.2, 0) is 4.79 Å². The number of nitrogens with one attached hydrogen (secondary N) is 1. The second-order valence-electron chi connectivity index (χ2n) is 5.85. The molecule has 0 spiro atoms. The number of amides is 2. The average Bonchev–Trinajstić information content (AvgIpc) is 2.65. The Kier molecular flexibility index (Phi) is 6.15. The number of hydrogen-bond acceptors (Lipinski definition) is 4. The summed E-state index contributed by atoms with van der Waals surface area (Å²) in [7, 11) is 0. The van der Waals surface area contributed by atoms with Gasteiger partial charge in [0.25, 0.3) is 5.91 Å². The zero-order valence-electron chi connectivity index (χ0n) is 14.6. The highest BCUT2D eigenvalue weighted by molar-refractivity contribution is 14.1. The van der Waals surface area contributed by atoms with Crippen LogP contribution in [0.1, 0.15) is 17.3 Å². The summed E-state index contributed by atoms with van der Waals surface area (Å²) in [6.45, 7) is 2.97. The quantitative estimate of drug-likeness (QED) is 0.662. The molecule has 0 atom stereocenters. The zero-order valence-corrected chi connectivity index (χ0v) is 16.8. The molecule has 0 aliphatic carbocycles. The van der Waals surface area contributed by atoms with Gasteiger partial charge in [0, 0.05) is 21.9 Å². The van der Waals surface area contributed by atoms with E-state index < -0.39 is 5.82 Å². The van der Waals surface area contributed by atoms with Gasteiger partial charge in [0.2, 0.25) is 5.91 Å². The third kappa shape index (κ3) is 4.68. The van der Waals surface area contributed by atoms with Crippen molar-refractivity contribution >= 4 is 40.1 Å². The van der Waals surface area contributed by atoms with Crippen molar-refractivity contribution in [2.24, 2.45) is 0 Å². The number of carbonyl (C=O) groups excluding carboxylic acids is 2. The zero-order chi connectivity index (χ0) is 19.4. The van der Waals surface area contributed by atoms with E-state index >= 15 is 0 Å². The Hall–Kier alpha value is -2.36. The fraction of sp³-hybridized carbons (Fsp3) is 0.263. The first-order valence-corrected chi connectivity index (χ1v) is 9.49. The third-order valence-corrected chi connectivity index (χ3v) is 4.88. The van der Waals surface area contributed by atoms with Crippen LogP contribution < -0.4 is 14.8 Å². The van der Waals surface area contributed by atoms with Crippen molar-refractivity contribution in [3.8, 4) is 11.5 Å². The van der Waals surface area contributed by atoms with Gasteiger partial charge < -0.3 is 19.7 Å². The fourth-order valence-corrected chi connectivity index (χ4v) is 3.36. The summed E-state index contributed by atoms with van der Waals surface area (Å²) in [6, 6.07) is 9.09. The first kappa shape index (κ1) is 19.4. The summed E-state index contributed by atoms with van der Waals surface area (Å²) < 4.78 is 24.7. The van der Waals surface area contributed by atoms with Crippen LogP contribution in [0.4, 0.5) is 10.1 Å². The summed E-state index contributed by atoms with van der Waals surface area (Å²) in [5, 5.41) is 2.76. The lowest BCUT2D eigenvalue weighted by molar-refractivity contribution is -0.116. The van der Waals surface area contributed by atoms with Crippen LogP contribution in [0.15, 0.2) is 36.4 Å². The second kappa shape index (κ2) is 8.55. The van der Waals surface area contributed by atoms with E-state index in [1.54, 1.807) is 25.1 Å². The van der Waals surface area contributed by atoms with Crippen LogP contribution in [0.2, 0.25) is 0 Å². The van der Waals surface area contributed by atoms with Crippen molar-refractivity contribution in [2.45, 2.75) is 6.92 Å². The number of hydrogen-bond donors (Lipinski definition) is 1. The van der Waals surface area contributed by atoms with E-state index in [1.165, 1.54) is 23.1 Å². The average molecular weight is 484 g/mol. The van der Waals surface area contributed by atoms with Crippen molar-refractivity contribution in [1.82, 2.24) is 4.90 Å². The van der Waals surface area contributed by atoms with Crippen molar-refractivity contribution in [1.29, 1.82) is 0 Å². The lowest BCUT2D eigenvalue weighted by Gasteiger charge is -2.22. The molecular formula is C19H18FIN2O4. The molecule has 0 unspecified atom stereocenters. The Morgan fingerprint density at radius 1 is 1.15 bits per heavy atom. The van der Waals surface area contributed by atoms with Gasteiger partial charge in [-0.25, -0.2) is 4.39 Å². The highest BCUT2D eigenvalue weighted by Gasteiger charge is 2.20. The van der Waals surface area contributed by atoms with Crippen LogP contribution in [0.25, 0.3) is 0 Å². The highest BCUT2D eigenvalue weighted by atomic mass is 127. The molecule has 0 aromatic heterocycles. The topological polar surface area (TPSA) is 67.9 Å². The predicted molar refractivity (Wildman–Crippen MR) is 107 cm³/mol. The van der Waals surface area contributed by atoms with Crippen LogP contribution in [0, 0.1) is 9.39 Å². The standard InChI is InChI=1S/C19H18FIN2O4/c1-2-23(19(25)14-5-3-12(20)9-15(14)21)11-18(24)22-13-4-6-16-17(10-13)27-8-7-26-16/h3-6,9-10H,2,7-8,11H2,1H3,(H,22,24). The molecule has 0 bridgehead atoms. The van der Waals surface area contributed by atoms with Crippen molar-refractivity contribution < 1.29 is 23.5 Å². The molecule has 1 aliphatic rings. The molecule has 3 rings (SSSR count). The van der Waals surface area contributed by atoms with Gasteiger partial charge in [0.1, 0.15) is 25.6 Å². The largest absolute Gasteiger partial charge is 0.486 e. The van der Waals surface area contributed by atoms with Gasteiger partial charge in [0.05, 0.1) is 5.56 Å². The molecule has 8 heteroatoms. The SMILES string of the molecule is CCN(CC(=O)Nc1ccc2c(c1)OCCO2)C(=O)c1ccc(F)cc1I. The molecule has 0 fully saturated rings. The van der Waals surface area contributed by atoms with Gasteiger partial charge in [-0.1, -0.05) is 0 Å². The third-order valence-electron chi connectivity index (χ3n) is 3.99. The number of benzene rings is 2. The number of likely N-dealkylation sites (N-methyl/N-ethyl adjacent to an activating group) is 1. The Bertz CT molecular complexity index is 875.